The number of fused-ring (bicyclic) bond motifs is 1. The average molecular weight is 286 g/mol. The molecule has 0 bridgehead atoms. The van der Waals surface area contributed by atoms with Gasteiger partial charge in [-0.1, -0.05) is 24.8 Å². The highest BCUT2D eigenvalue weighted by molar-refractivity contribution is 6.06. The average Bonchev–Trinajstić information content (AvgIpc) is 2.50. The molecule has 0 atom stereocenters. The van der Waals surface area contributed by atoms with Crippen LogP contribution in [0.5, 0.6) is 0 Å². The smallest absolute Gasteiger partial charge is 0.404 e. The van der Waals surface area contributed by atoms with Gasteiger partial charge in [-0.2, -0.15) is 0 Å². The molecular formula is C14H14N4O3. The Labute approximate surface area is 120 Å². The van der Waals surface area contributed by atoms with Gasteiger partial charge in [0.2, 0.25) is 0 Å². The quantitative estimate of drug-likeness (QED) is 0.785. The van der Waals surface area contributed by atoms with Crippen molar-refractivity contribution >= 4 is 28.5 Å². The van der Waals surface area contributed by atoms with Crippen LogP contribution in [0.3, 0.4) is 0 Å². The molecule has 0 aliphatic heterocycles. The van der Waals surface area contributed by atoms with E-state index in [1.54, 1.807) is 18.2 Å². The second-order valence-corrected chi connectivity index (χ2v) is 4.27. The Balaban J connectivity index is 2.49. The van der Waals surface area contributed by atoms with Gasteiger partial charge in [-0.15, -0.1) is 0 Å². The van der Waals surface area contributed by atoms with Crippen LogP contribution in [0.15, 0.2) is 31.1 Å². The third-order valence-electron chi connectivity index (χ3n) is 2.94. The number of amides is 2. The lowest BCUT2D eigenvalue weighted by Gasteiger charge is -2.10. The van der Waals surface area contributed by atoms with E-state index in [1.165, 1.54) is 13.4 Å². The third kappa shape index (κ3) is 2.97. The number of para-hydroxylation sites is 1. The standard InChI is InChI=1S/C14H14N4O3/c1-8(6-16-14(20)21)9-4-3-5-10-11(9)17-7-18-12(10)13(19)15-2/h3-5,7,16H,1,6H2,2H3,(H,15,19)(H,20,21). The van der Waals surface area contributed by atoms with E-state index in [9.17, 15) is 9.59 Å². The zero-order chi connectivity index (χ0) is 15.4. The summed E-state index contributed by atoms with van der Waals surface area (Å²) in [6, 6.07) is 5.26. The fourth-order valence-corrected chi connectivity index (χ4v) is 1.95. The molecule has 0 saturated heterocycles. The van der Waals surface area contributed by atoms with Crippen molar-refractivity contribution in [1.82, 2.24) is 20.6 Å². The van der Waals surface area contributed by atoms with Gasteiger partial charge in [0.05, 0.1) is 5.52 Å². The van der Waals surface area contributed by atoms with E-state index >= 15 is 0 Å². The van der Waals surface area contributed by atoms with Crippen molar-refractivity contribution in [3.63, 3.8) is 0 Å². The van der Waals surface area contributed by atoms with Gasteiger partial charge in [-0.25, -0.2) is 14.8 Å². The van der Waals surface area contributed by atoms with Crippen molar-refractivity contribution in [2.45, 2.75) is 0 Å². The summed E-state index contributed by atoms with van der Waals surface area (Å²) in [6.45, 7) is 3.93. The molecule has 3 N–H and O–H groups in total. The monoisotopic (exact) mass is 286 g/mol. The summed E-state index contributed by atoms with van der Waals surface area (Å²) in [5.41, 5.74) is 2.06. The van der Waals surface area contributed by atoms with Gasteiger partial charge in [-0.05, 0) is 5.57 Å². The molecule has 21 heavy (non-hydrogen) atoms. The first-order chi connectivity index (χ1) is 10.0. The minimum absolute atomic E-state index is 0.0771. The van der Waals surface area contributed by atoms with Gasteiger partial charge >= 0.3 is 6.09 Å². The van der Waals surface area contributed by atoms with Gasteiger partial charge in [0.25, 0.3) is 5.91 Å². The number of hydrogen-bond acceptors (Lipinski definition) is 4. The zero-order valence-electron chi connectivity index (χ0n) is 11.4. The zero-order valence-corrected chi connectivity index (χ0v) is 11.4. The molecule has 0 fully saturated rings. The van der Waals surface area contributed by atoms with E-state index in [1.807, 2.05) is 0 Å². The van der Waals surface area contributed by atoms with Crippen LogP contribution in [0.1, 0.15) is 16.1 Å². The van der Waals surface area contributed by atoms with E-state index in [4.69, 9.17) is 5.11 Å². The lowest BCUT2D eigenvalue weighted by Crippen LogP contribution is -2.22. The molecular weight excluding hydrogens is 272 g/mol. The number of carbonyl (C=O) groups is 2. The number of benzene rings is 1. The fraction of sp³-hybridized carbons (Fsp3) is 0.143. The molecule has 2 aromatic rings. The van der Waals surface area contributed by atoms with Crippen molar-refractivity contribution in [2.75, 3.05) is 13.6 Å². The lowest BCUT2D eigenvalue weighted by molar-refractivity contribution is 0.0960. The summed E-state index contributed by atoms with van der Waals surface area (Å²) < 4.78 is 0. The molecule has 2 amide bonds. The molecule has 1 aromatic carbocycles. The van der Waals surface area contributed by atoms with E-state index in [0.717, 1.165) is 0 Å². The van der Waals surface area contributed by atoms with Gasteiger partial charge in [0.1, 0.15) is 12.0 Å². The van der Waals surface area contributed by atoms with Crippen LogP contribution in [0.4, 0.5) is 4.79 Å². The Morgan fingerprint density at radius 2 is 2.10 bits per heavy atom. The molecule has 108 valence electrons. The normalized spacial score (nSPS) is 10.1. The second-order valence-electron chi connectivity index (χ2n) is 4.27. The molecule has 2 rings (SSSR count). The highest BCUT2D eigenvalue weighted by Crippen LogP contribution is 2.23. The SMILES string of the molecule is C=C(CNC(=O)O)c1cccc2c(C(=O)NC)ncnc12. The number of carbonyl (C=O) groups excluding carboxylic acids is 1. The highest BCUT2D eigenvalue weighted by atomic mass is 16.4. The Hall–Kier alpha value is -2.96. The number of rotatable bonds is 4. The first-order valence-corrected chi connectivity index (χ1v) is 6.15. The molecule has 7 nitrogen and oxygen atoms in total. The first-order valence-electron chi connectivity index (χ1n) is 6.15. The summed E-state index contributed by atoms with van der Waals surface area (Å²) >= 11 is 0. The topological polar surface area (TPSA) is 104 Å². The third-order valence-corrected chi connectivity index (χ3v) is 2.94. The minimum atomic E-state index is -1.13. The number of aromatic nitrogens is 2. The number of carboxylic acid groups (broad SMARTS) is 1. The molecule has 0 spiro atoms. The molecule has 0 aliphatic carbocycles. The molecule has 7 heteroatoms. The maximum Gasteiger partial charge on any atom is 0.404 e. The van der Waals surface area contributed by atoms with Crippen LogP contribution < -0.4 is 10.6 Å². The molecule has 0 unspecified atom stereocenters. The maximum atomic E-state index is 11.8. The first kappa shape index (κ1) is 14.4. The van der Waals surface area contributed by atoms with Crippen molar-refractivity contribution in [3.05, 3.63) is 42.4 Å². The van der Waals surface area contributed by atoms with Gasteiger partial charge in [0, 0.05) is 24.5 Å². The molecule has 1 aromatic heterocycles. The lowest BCUT2D eigenvalue weighted by atomic mass is 10.0. The van der Waals surface area contributed by atoms with Crippen LogP contribution in [0.25, 0.3) is 16.5 Å². The van der Waals surface area contributed by atoms with E-state index < -0.39 is 6.09 Å². The summed E-state index contributed by atoms with van der Waals surface area (Å²) in [7, 11) is 1.52. The summed E-state index contributed by atoms with van der Waals surface area (Å²) in [4.78, 5) is 30.5. The van der Waals surface area contributed by atoms with Crippen LogP contribution in [-0.2, 0) is 0 Å². The van der Waals surface area contributed by atoms with Gasteiger partial charge in [0.15, 0.2) is 0 Å². The van der Waals surface area contributed by atoms with Gasteiger partial charge in [-0.3, -0.25) is 4.79 Å². The minimum Gasteiger partial charge on any atom is -0.465 e. The van der Waals surface area contributed by atoms with Crippen molar-refractivity contribution in [1.29, 1.82) is 0 Å². The second kappa shape index (κ2) is 6.00. The number of nitrogens with one attached hydrogen (secondary N) is 2. The van der Waals surface area contributed by atoms with Crippen LogP contribution in [-0.4, -0.2) is 40.7 Å². The Kier molecular flexibility index (Phi) is 4.13. The van der Waals surface area contributed by atoms with Crippen molar-refractivity contribution in [3.8, 4) is 0 Å². The molecule has 1 heterocycles. The Morgan fingerprint density at radius 1 is 1.33 bits per heavy atom. The van der Waals surface area contributed by atoms with Gasteiger partial charge < -0.3 is 15.7 Å². The fourth-order valence-electron chi connectivity index (χ4n) is 1.95. The summed E-state index contributed by atoms with van der Waals surface area (Å²) in [5, 5.41) is 14.0. The van der Waals surface area contributed by atoms with Crippen LogP contribution in [0, 0.1) is 0 Å². The Morgan fingerprint density at radius 3 is 2.76 bits per heavy atom. The predicted octanol–water partition coefficient (Wildman–Crippen LogP) is 1.27. The molecule has 0 radical (unpaired) electrons. The van der Waals surface area contributed by atoms with Crippen molar-refractivity contribution in [2.24, 2.45) is 0 Å². The predicted molar refractivity (Wildman–Crippen MR) is 78.0 cm³/mol. The number of hydrogen-bond donors (Lipinski definition) is 3. The largest absolute Gasteiger partial charge is 0.465 e. The summed E-state index contributed by atoms with van der Waals surface area (Å²) in [5.74, 6) is -0.311. The van der Waals surface area contributed by atoms with Crippen molar-refractivity contribution < 1.29 is 14.7 Å². The molecule has 0 saturated carbocycles. The highest BCUT2D eigenvalue weighted by Gasteiger charge is 2.14. The van der Waals surface area contributed by atoms with E-state index in [2.05, 4.69) is 27.2 Å². The van der Waals surface area contributed by atoms with E-state index in [-0.39, 0.29) is 18.1 Å². The Bertz CT molecular complexity index is 727. The maximum absolute atomic E-state index is 11.8. The van der Waals surface area contributed by atoms with E-state index in [0.29, 0.717) is 22.0 Å². The van der Waals surface area contributed by atoms with Crippen LogP contribution in [0.2, 0.25) is 0 Å². The van der Waals surface area contributed by atoms with Crippen LogP contribution >= 0.6 is 0 Å². The molecule has 0 aliphatic rings. The summed E-state index contributed by atoms with van der Waals surface area (Å²) in [6.07, 6.45) is 0.172. The number of nitrogens with zero attached hydrogens (tertiary/aromatic N) is 2.